The molecule has 0 aliphatic rings. The topological polar surface area (TPSA) is 107 Å². The van der Waals surface area contributed by atoms with Crippen molar-refractivity contribution in [1.29, 1.82) is 0 Å². The summed E-state index contributed by atoms with van der Waals surface area (Å²) < 4.78 is 59.6. The number of hydrogen-bond acceptors (Lipinski definition) is 6. The maximum Gasteiger partial charge on any atom is 0.244 e. The fourth-order valence-electron chi connectivity index (χ4n) is 3.46. The van der Waals surface area contributed by atoms with E-state index in [9.17, 15) is 26.8 Å². The van der Waals surface area contributed by atoms with E-state index < -0.39 is 44.2 Å². The third-order valence-electron chi connectivity index (χ3n) is 5.20. The van der Waals surface area contributed by atoms with Crippen molar-refractivity contribution in [2.24, 2.45) is 0 Å². The molecule has 0 radical (unpaired) electrons. The van der Waals surface area contributed by atoms with Crippen LogP contribution in [0.2, 0.25) is 0 Å². The molecule has 35 heavy (non-hydrogen) atoms. The van der Waals surface area contributed by atoms with Crippen molar-refractivity contribution in [2.45, 2.75) is 23.3 Å². The highest BCUT2D eigenvalue weighted by molar-refractivity contribution is 7.91. The van der Waals surface area contributed by atoms with Gasteiger partial charge in [-0.3, -0.25) is 9.59 Å². The van der Waals surface area contributed by atoms with Gasteiger partial charge in [0.2, 0.25) is 21.2 Å². The maximum atomic E-state index is 13.5. The van der Waals surface area contributed by atoms with Crippen molar-refractivity contribution in [3.05, 3.63) is 88.3 Å². The molecule has 0 aliphatic carbocycles. The van der Waals surface area contributed by atoms with E-state index >= 15 is 0 Å². The molecular weight excluding hydrogens is 480 g/mol. The van der Waals surface area contributed by atoms with Crippen molar-refractivity contribution in [1.82, 2.24) is 9.55 Å². The summed E-state index contributed by atoms with van der Waals surface area (Å²) in [5, 5.41) is 2.42. The molecule has 0 bridgehead atoms. The minimum atomic E-state index is -4.26. The number of ether oxygens (including phenoxy) is 1. The molecule has 4 aromatic rings. The van der Waals surface area contributed by atoms with Gasteiger partial charge in [-0.2, -0.15) is 0 Å². The lowest BCUT2D eigenvalue weighted by molar-refractivity contribution is -0.116. The lowest BCUT2D eigenvalue weighted by atomic mass is 10.2. The zero-order valence-corrected chi connectivity index (χ0v) is 19.4. The second kappa shape index (κ2) is 9.26. The predicted octanol–water partition coefficient (Wildman–Crippen LogP) is 3.46. The van der Waals surface area contributed by atoms with Crippen LogP contribution < -0.4 is 15.5 Å². The first-order chi connectivity index (χ1) is 16.6. The smallest absolute Gasteiger partial charge is 0.244 e. The average molecular weight is 499 g/mol. The van der Waals surface area contributed by atoms with E-state index in [1.54, 1.807) is 13.0 Å². The number of halogens is 2. The minimum absolute atomic E-state index is 0.00538. The van der Waals surface area contributed by atoms with Crippen LogP contribution in [0.5, 0.6) is 5.75 Å². The molecule has 0 atom stereocenters. The SMILES string of the molecule is COc1ccc(S(=O)(=O)c2cn(CC(=O)Nc3ccc(F)c(F)c3)c3nc(C)ccc3c2=O)cc1. The monoisotopic (exact) mass is 499 g/mol. The minimum Gasteiger partial charge on any atom is -0.497 e. The molecule has 11 heteroatoms. The summed E-state index contributed by atoms with van der Waals surface area (Å²) in [5.41, 5.74) is -0.114. The largest absolute Gasteiger partial charge is 0.497 e. The Kier molecular flexibility index (Phi) is 6.35. The number of carbonyl (C=O) groups excluding carboxylic acids is 1. The van der Waals surface area contributed by atoms with Gasteiger partial charge in [0, 0.05) is 23.6 Å². The highest BCUT2D eigenvalue weighted by atomic mass is 32.2. The Labute approximate surface area is 198 Å². The van der Waals surface area contributed by atoms with E-state index in [4.69, 9.17) is 4.74 Å². The number of methoxy groups -OCH3 is 1. The van der Waals surface area contributed by atoms with Crippen LogP contribution >= 0.6 is 0 Å². The summed E-state index contributed by atoms with van der Waals surface area (Å²) in [5.74, 6) is -2.44. The fourth-order valence-corrected chi connectivity index (χ4v) is 4.82. The number of fused-ring (bicyclic) bond motifs is 1. The lowest BCUT2D eigenvalue weighted by Crippen LogP contribution is -2.24. The normalized spacial score (nSPS) is 11.4. The number of nitrogens with one attached hydrogen (secondary N) is 1. The van der Waals surface area contributed by atoms with Gasteiger partial charge >= 0.3 is 0 Å². The van der Waals surface area contributed by atoms with Crippen LogP contribution in [0.1, 0.15) is 5.69 Å². The van der Waals surface area contributed by atoms with Gasteiger partial charge in [-0.25, -0.2) is 22.2 Å². The summed E-state index contributed by atoms with van der Waals surface area (Å²) >= 11 is 0. The van der Waals surface area contributed by atoms with Gasteiger partial charge in [0.1, 0.15) is 22.8 Å². The second-order valence-electron chi connectivity index (χ2n) is 7.63. The number of aromatic nitrogens is 2. The second-order valence-corrected chi connectivity index (χ2v) is 9.55. The number of pyridine rings is 2. The van der Waals surface area contributed by atoms with Crippen LogP contribution in [0, 0.1) is 18.6 Å². The predicted molar refractivity (Wildman–Crippen MR) is 124 cm³/mol. The first-order valence-corrected chi connectivity index (χ1v) is 11.7. The number of benzene rings is 2. The van der Waals surface area contributed by atoms with E-state index in [1.165, 1.54) is 48.1 Å². The van der Waals surface area contributed by atoms with Gasteiger partial charge < -0.3 is 14.6 Å². The van der Waals surface area contributed by atoms with Gasteiger partial charge in [-0.05, 0) is 55.5 Å². The molecule has 0 spiro atoms. The summed E-state index contributed by atoms with van der Waals surface area (Å²) in [6.07, 6.45) is 1.06. The number of carbonyl (C=O) groups is 1. The number of aryl methyl sites for hydroxylation is 1. The Morgan fingerprint density at radius 2 is 1.77 bits per heavy atom. The molecule has 4 rings (SSSR count). The Morgan fingerprint density at radius 1 is 1.06 bits per heavy atom. The molecule has 2 aromatic carbocycles. The van der Waals surface area contributed by atoms with Gasteiger partial charge in [-0.15, -0.1) is 0 Å². The zero-order valence-electron chi connectivity index (χ0n) is 18.6. The quantitative estimate of drug-likeness (QED) is 0.435. The van der Waals surface area contributed by atoms with Crippen LogP contribution in [0.4, 0.5) is 14.5 Å². The van der Waals surface area contributed by atoms with Crippen molar-refractivity contribution < 1.29 is 26.7 Å². The molecular formula is C24H19F2N3O5S. The van der Waals surface area contributed by atoms with E-state index in [1.807, 2.05) is 0 Å². The van der Waals surface area contributed by atoms with Gasteiger partial charge in [0.05, 0.1) is 17.4 Å². The molecule has 0 saturated heterocycles. The number of rotatable bonds is 6. The van der Waals surface area contributed by atoms with Crippen molar-refractivity contribution in [3.8, 4) is 5.75 Å². The van der Waals surface area contributed by atoms with E-state index in [2.05, 4.69) is 10.3 Å². The molecule has 1 amide bonds. The van der Waals surface area contributed by atoms with Gasteiger partial charge in [0.25, 0.3) is 0 Å². The third-order valence-corrected chi connectivity index (χ3v) is 6.97. The summed E-state index contributed by atoms with van der Waals surface area (Å²) in [7, 11) is -2.83. The maximum absolute atomic E-state index is 13.5. The van der Waals surface area contributed by atoms with Crippen molar-refractivity contribution in [2.75, 3.05) is 12.4 Å². The van der Waals surface area contributed by atoms with Crippen LogP contribution in [0.3, 0.4) is 0 Å². The van der Waals surface area contributed by atoms with E-state index in [-0.39, 0.29) is 21.6 Å². The van der Waals surface area contributed by atoms with Gasteiger partial charge in [0.15, 0.2) is 11.6 Å². The standard InChI is InChI=1S/C24H19F2N3O5S/c1-14-3-9-18-23(31)21(35(32,33)17-7-5-16(34-2)6-8-17)12-29(24(18)27-14)13-22(30)28-15-4-10-19(25)20(26)11-15/h3-12H,13H2,1-2H3,(H,28,30). The number of nitrogens with zero attached hydrogens (tertiary/aromatic N) is 2. The zero-order chi connectivity index (χ0) is 25.3. The highest BCUT2D eigenvalue weighted by Crippen LogP contribution is 2.23. The highest BCUT2D eigenvalue weighted by Gasteiger charge is 2.25. The number of sulfone groups is 1. The van der Waals surface area contributed by atoms with E-state index in [0.717, 1.165) is 18.3 Å². The summed E-state index contributed by atoms with van der Waals surface area (Å²) in [4.78, 5) is 29.5. The lowest BCUT2D eigenvalue weighted by Gasteiger charge is -2.14. The van der Waals surface area contributed by atoms with Crippen molar-refractivity contribution in [3.63, 3.8) is 0 Å². The average Bonchev–Trinajstić information content (AvgIpc) is 2.83. The first kappa shape index (κ1) is 24.0. The number of anilines is 1. The molecule has 8 nitrogen and oxygen atoms in total. The van der Waals surface area contributed by atoms with Crippen LogP contribution in [-0.4, -0.2) is 31.0 Å². The molecule has 0 fully saturated rings. The third kappa shape index (κ3) is 4.76. The van der Waals surface area contributed by atoms with E-state index in [0.29, 0.717) is 11.4 Å². The Balaban J connectivity index is 1.79. The fraction of sp³-hybridized carbons (Fsp3) is 0.125. The van der Waals surface area contributed by atoms with Crippen LogP contribution in [0.15, 0.2) is 75.4 Å². The van der Waals surface area contributed by atoms with Crippen LogP contribution in [-0.2, 0) is 21.2 Å². The number of hydrogen-bond donors (Lipinski definition) is 1. The Morgan fingerprint density at radius 3 is 2.43 bits per heavy atom. The van der Waals surface area contributed by atoms with Crippen molar-refractivity contribution >= 4 is 32.5 Å². The molecule has 0 unspecified atom stereocenters. The van der Waals surface area contributed by atoms with Gasteiger partial charge in [-0.1, -0.05) is 0 Å². The summed E-state index contributed by atoms with van der Waals surface area (Å²) in [6.45, 7) is 1.23. The molecule has 180 valence electrons. The Bertz CT molecular complexity index is 1620. The van der Waals surface area contributed by atoms with Crippen LogP contribution in [0.25, 0.3) is 11.0 Å². The summed E-state index contributed by atoms with van der Waals surface area (Å²) in [6, 6.07) is 11.4. The molecule has 0 aliphatic heterocycles. The molecule has 0 saturated carbocycles. The number of amides is 1. The molecule has 2 aromatic heterocycles. The Hall–Kier alpha value is -4.12. The molecule has 1 N–H and O–H groups in total. The first-order valence-electron chi connectivity index (χ1n) is 10.2. The molecule has 2 heterocycles.